The highest BCUT2D eigenvalue weighted by molar-refractivity contribution is 5.96. The Morgan fingerprint density at radius 3 is 2.75 bits per heavy atom. The number of amides is 1. The molecular formula is C11H17N3O2. The van der Waals surface area contributed by atoms with Crippen molar-refractivity contribution in [3.05, 3.63) is 24.0 Å². The van der Waals surface area contributed by atoms with E-state index in [1.165, 1.54) is 4.90 Å². The first kappa shape index (κ1) is 12.3. The second kappa shape index (κ2) is 4.83. The van der Waals surface area contributed by atoms with Gasteiger partial charge in [-0.05, 0) is 6.92 Å². The first-order valence-corrected chi connectivity index (χ1v) is 5.04. The van der Waals surface area contributed by atoms with Crippen LogP contribution < -0.4 is 0 Å². The molecule has 1 heterocycles. The normalized spacial score (nSPS) is 10.0. The van der Waals surface area contributed by atoms with Crippen molar-refractivity contribution in [3.8, 4) is 0 Å². The molecule has 0 aliphatic carbocycles. The van der Waals surface area contributed by atoms with Crippen LogP contribution >= 0.6 is 0 Å². The fraction of sp³-hybridized carbons (Fsp3) is 0.455. The van der Waals surface area contributed by atoms with Gasteiger partial charge in [-0.2, -0.15) is 5.10 Å². The zero-order chi connectivity index (χ0) is 12.3. The lowest BCUT2D eigenvalue weighted by Crippen LogP contribution is -2.23. The number of rotatable bonds is 4. The van der Waals surface area contributed by atoms with Gasteiger partial charge in [0.05, 0.1) is 12.2 Å². The van der Waals surface area contributed by atoms with Crippen LogP contribution in [-0.2, 0) is 11.8 Å². The zero-order valence-electron chi connectivity index (χ0n) is 10.1. The Kier molecular flexibility index (Phi) is 3.71. The van der Waals surface area contributed by atoms with E-state index < -0.39 is 0 Å². The zero-order valence-corrected chi connectivity index (χ0v) is 10.1. The highest BCUT2D eigenvalue weighted by Crippen LogP contribution is 2.18. The van der Waals surface area contributed by atoms with Crippen molar-refractivity contribution >= 4 is 11.7 Å². The molecule has 1 amide bonds. The summed E-state index contributed by atoms with van der Waals surface area (Å²) in [5.74, 6) is 0.317. The number of aromatic nitrogens is 2. The highest BCUT2D eigenvalue weighted by Gasteiger charge is 2.20. The molecule has 1 rings (SSSR count). The summed E-state index contributed by atoms with van der Waals surface area (Å²) in [4.78, 5) is 13.3. The van der Waals surface area contributed by atoms with E-state index in [-0.39, 0.29) is 5.91 Å². The van der Waals surface area contributed by atoms with Crippen LogP contribution in [0.2, 0.25) is 0 Å². The molecule has 0 aliphatic rings. The van der Waals surface area contributed by atoms with Crippen LogP contribution in [-0.4, -0.2) is 41.3 Å². The van der Waals surface area contributed by atoms with E-state index >= 15 is 0 Å². The molecule has 0 unspecified atom stereocenters. The molecule has 5 nitrogen and oxygen atoms in total. The highest BCUT2D eigenvalue weighted by atomic mass is 16.5. The number of hydrogen-bond donors (Lipinski definition) is 0. The Balaban J connectivity index is 3.09. The van der Waals surface area contributed by atoms with E-state index in [9.17, 15) is 4.79 Å². The van der Waals surface area contributed by atoms with Gasteiger partial charge in [0, 0.05) is 27.3 Å². The lowest BCUT2D eigenvalue weighted by molar-refractivity contribution is 0.0820. The van der Waals surface area contributed by atoms with Crippen LogP contribution in [0.15, 0.2) is 12.8 Å². The largest absolute Gasteiger partial charge is 0.494 e. The molecule has 0 aromatic carbocycles. The van der Waals surface area contributed by atoms with Crippen LogP contribution in [0.3, 0.4) is 0 Å². The van der Waals surface area contributed by atoms with Crippen LogP contribution in [0.4, 0.5) is 0 Å². The maximum Gasteiger partial charge on any atom is 0.274 e. The number of nitrogens with zero attached hydrogens (tertiary/aromatic N) is 3. The third kappa shape index (κ3) is 2.42. The summed E-state index contributed by atoms with van der Waals surface area (Å²) in [6, 6.07) is 0. The lowest BCUT2D eigenvalue weighted by Gasteiger charge is -2.10. The molecule has 0 fully saturated rings. The summed E-state index contributed by atoms with van der Waals surface area (Å²) >= 11 is 0. The summed E-state index contributed by atoms with van der Waals surface area (Å²) in [7, 11) is 5.13. The van der Waals surface area contributed by atoms with Crippen LogP contribution in [0.1, 0.15) is 23.0 Å². The van der Waals surface area contributed by atoms with Crippen molar-refractivity contribution in [1.82, 2.24) is 14.7 Å². The topological polar surface area (TPSA) is 47.4 Å². The van der Waals surface area contributed by atoms with Crippen molar-refractivity contribution in [2.75, 3.05) is 20.7 Å². The van der Waals surface area contributed by atoms with Gasteiger partial charge in [-0.1, -0.05) is 6.58 Å². The van der Waals surface area contributed by atoms with Crippen molar-refractivity contribution < 1.29 is 9.53 Å². The Bertz CT molecular complexity index is 407. The van der Waals surface area contributed by atoms with Crippen LogP contribution in [0.25, 0.3) is 5.76 Å². The Morgan fingerprint density at radius 1 is 1.62 bits per heavy atom. The van der Waals surface area contributed by atoms with Gasteiger partial charge in [0.1, 0.15) is 5.76 Å². The van der Waals surface area contributed by atoms with E-state index in [4.69, 9.17) is 4.74 Å². The lowest BCUT2D eigenvalue weighted by atomic mass is 10.2. The molecular weight excluding hydrogens is 206 g/mol. The molecule has 16 heavy (non-hydrogen) atoms. The first-order valence-electron chi connectivity index (χ1n) is 5.04. The number of carbonyl (C=O) groups is 1. The smallest absolute Gasteiger partial charge is 0.274 e. The van der Waals surface area contributed by atoms with Gasteiger partial charge >= 0.3 is 0 Å². The third-order valence-corrected chi connectivity index (χ3v) is 2.06. The molecule has 0 atom stereocenters. The molecule has 1 aromatic rings. The second-order valence-corrected chi connectivity index (χ2v) is 3.62. The second-order valence-electron chi connectivity index (χ2n) is 3.62. The minimum atomic E-state index is -0.156. The predicted octanol–water partition coefficient (Wildman–Crippen LogP) is 1.13. The molecule has 1 aromatic heterocycles. The van der Waals surface area contributed by atoms with E-state index in [1.54, 1.807) is 32.0 Å². The monoisotopic (exact) mass is 223 g/mol. The van der Waals surface area contributed by atoms with Gasteiger partial charge in [0.15, 0.2) is 5.69 Å². The maximum atomic E-state index is 11.8. The van der Waals surface area contributed by atoms with Gasteiger partial charge in [-0.15, -0.1) is 0 Å². The quantitative estimate of drug-likeness (QED) is 0.719. The third-order valence-electron chi connectivity index (χ3n) is 2.06. The van der Waals surface area contributed by atoms with Crippen LogP contribution in [0, 0.1) is 0 Å². The molecule has 0 spiro atoms. The summed E-state index contributed by atoms with van der Waals surface area (Å²) < 4.78 is 6.87. The van der Waals surface area contributed by atoms with Crippen molar-refractivity contribution in [2.45, 2.75) is 6.92 Å². The average Bonchev–Trinajstić information content (AvgIpc) is 2.59. The SMILES string of the molecule is C=C(OCC)c1cn(C)nc1C(=O)N(C)C. The summed E-state index contributed by atoms with van der Waals surface area (Å²) in [5, 5.41) is 4.12. The number of aryl methyl sites for hydroxylation is 1. The molecule has 0 bridgehead atoms. The Labute approximate surface area is 95.3 Å². The van der Waals surface area contributed by atoms with Gasteiger partial charge in [-0.25, -0.2) is 0 Å². The number of ether oxygens (including phenoxy) is 1. The standard InChI is InChI=1S/C11H17N3O2/c1-6-16-8(2)9-7-14(5)12-10(9)11(15)13(3)4/h7H,2,6H2,1,3-5H3. The molecule has 5 heteroatoms. The predicted molar refractivity (Wildman–Crippen MR) is 61.9 cm³/mol. The van der Waals surface area contributed by atoms with Crippen molar-refractivity contribution in [3.63, 3.8) is 0 Å². The average molecular weight is 223 g/mol. The van der Waals surface area contributed by atoms with E-state index in [1.807, 2.05) is 6.92 Å². The Hall–Kier alpha value is -1.78. The minimum Gasteiger partial charge on any atom is -0.494 e. The maximum absolute atomic E-state index is 11.8. The fourth-order valence-corrected chi connectivity index (χ4v) is 1.31. The van der Waals surface area contributed by atoms with Gasteiger partial charge in [0.2, 0.25) is 0 Å². The molecule has 0 radical (unpaired) electrons. The van der Waals surface area contributed by atoms with Crippen molar-refractivity contribution in [2.24, 2.45) is 7.05 Å². The summed E-state index contributed by atoms with van der Waals surface area (Å²) in [6.45, 7) is 6.17. The van der Waals surface area contributed by atoms with Crippen molar-refractivity contribution in [1.29, 1.82) is 0 Å². The van der Waals surface area contributed by atoms with E-state index in [2.05, 4.69) is 11.7 Å². The molecule has 0 saturated carbocycles. The van der Waals surface area contributed by atoms with Gasteiger partial charge in [0.25, 0.3) is 5.91 Å². The molecule has 0 N–H and O–H groups in total. The number of hydrogen-bond acceptors (Lipinski definition) is 3. The van der Waals surface area contributed by atoms with Gasteiger partial charge < -0.3 is 9.64 Å². The molecule has 0 saturated heterocycles. The molecule has 0 aliphatic heterocycles. The van der Waals surface area contributed by atoms with E-state index in [0.29, 0.717) is 23.6 Å². The minimum absolute atomic E-state index is 0.156. The van der Waals surface area contributed by atoms with Crippen LogP contribution in [0.5, 0.6) is 0 Å². The molecule has 88 valence electrons. The van der Waals surface area contributed by atoms with Gasteiger partial charge in [-0.3, -0.25) is 9.48 Å². The summed E-state index contributed by atoms with van der Waals surface area (Å²) in [6.07, 6.45) is 1.73. The summed E-state index contributed by atoms with van der Waals surface area (Å²) in [5.41, 5.74) is 1.01. The number of carbonyl (C=O) groups excluding carboxylic acids is 1. The van der Waals surface area contributed by atoms with E-state index in [0.717, 1.165) is 0 Å². The Morgan fingerprint density at radius 2 is 2.25 bits per heavy atom. The fourth-order valence-electron chi connectivity index (χ4n) is 1.31. The first-order chi connectivity index (χ1) is 7.47.